The number of nitrogens with one attached hydrogen (secondary N) is 1. The summed E-state index contributed by atoms with van der Waals surface area (Å²) in [7, 11) is 0. The van der Waals surface area contributed by atoms with Crippen molar-refractivity contribution in [1.82, 2.24) is 10.2 Å². The van der Waals surface area contributed by atoms with E-state index >= 15 is 0 Å². The number of nitrogens with two attached hydrogens (primary N) is 1. The Morgan fingerprint density at radius 2 is 1.76 bits per heavy atom. The summed E-state index contributed by atoms with van der Waals surface area (Å²) in [6.07, 6.45) is 12.3. The van der Waals surface area contributed by atoms with Crippen molar-refractivity contribution in [3.05, 3.63) is 0 Å². The molecule has 4 nitrogen and oxygen atoms in total. The third-order valence-electron chi connectivity index (χ3n) is 5.24. The predicted octanol–water partition coefficient (Wildman–Crippen LogP) is 2.42. The predicted molar refractivity (Wildman–Crippen MR) is 87.1 cm³/mol. The molecular weight excluding hydrogens is 262 g/mol. The van der Waals surface area contributed by atoms with Crippen molar-refractivity contribution in [2.45, 2.75) is 89.3 Å². The molecule has 0 spiro atoms. The fourth-order valence-corrected chi connectivity index (χ4v) is 3.92. The van der Waals surface area contributed by atoms with Crippen molar-refractivity contribution in [3.63, 3.8) is 0 Å². The highest BCUT2D eigenvalue weighted by Crippen LogP contribution is 2.25. The topological polar surface area (TPSA) is 58.4 Å². The van der Waals surface area contributed by atoms with Crippen LogP contribution >= 0.6 is 0 Å². The molecular formula is C17H33N3O. The van der Waals surface area contributed by atoms with E-state index in [1.165, 1.54) is 44.9 Å². The smallest absolute Gasteiger partial charge is 0.237 e. The van der Waals surface area contributed by atoms with Gasteiger partial charge in [-0.15, -0.1) is 0 Å². The Bertz CT molecular complexity index is 309. The first-order chi connectivity index (χ1) is 10.2. The molecule has 122 valence electrons. The van der Waals surface area contributed by atoms with E-state index in [1.807, 2.05) is 0 Å². The van der Waals surface area contributed by atoms with E-state index in [-0.39, 0.29) is 11.9 Å². The van der Waals surface area contributed by atoms with Crippen LogP contribution in [0, 0.1) is 0 Å². The second kappa shape index (κ2) is 8.74. The molecule has 2 saturated carbocycles. The molecule has 2 rings (SSSR count). The number of rotatable bonds is 7. The fraction of sp³-hybridized carbons (Fsp3) is 0.941. The molecule has 1 amide bonds. The molecule has 0 bridgehead atoms. The van der Waals surface area contributed by atoms with E-state index in [0.29, 0.717) is 18.6 Å². The zero-order valence-electron chi connectivity index (χ0n) is 13.7. The Morgan fingerprint density at radius 3 is 2.38 bits per heavy atom. The fourth-order valence-electron chi connectivity index (χ4n) is 3.92. The quantitative estimate of drug-likeness (QED) is 0.758. The number of carbonyl (C=O) groups excluding carboxylic acids is 1. The summed E-state index contributed by atoms with van der Waals surface area (Å²) in [6.45, 7) is 3.75. The lowest BCUT2D eigenvalue weighted by atomic mass is 9.93. The summed E-state index contributed by atoms with van der Waals surface area (Å²) in [4.78, 5) is 15.0. The van der Waals surface area contributed by atoms with Crippen LogP contribution < -0.4 is 11.1 Å². The molecule has 0 aliphatic heterocycles. The summed E-state index contributed by atoms with van der Waals surface area (Å²) < 4.78 is 0. The van der Waals surface area contributed by atoms with Gasteiger partial charge in [-0.2, -0.15) is 0 Å². The highest BCUT2D eigenvalue weighted by molar-refractivity contribution is 5.81. The van der Waals surface area contributed by atoms with Crippen LogP contribution in [0.2, 0.25) is 0 Å². The van der Waals surface area contributed by atoms with E-state index in [9.17, 15) is 4.79 Å². The van der Waals surface area contributed by atoms with E-state index < -0.39 is 0 Å². The maximum absolute atomic E-state index is 12.6. The van der Waals surface area contributed by atoms with E-state index in [1.54, 1.807) is 0 Å². The molecule has 2 aliphatic carbocycles. The van der Waals surface area contributed by atoms with Crippen molar-refractivity contribution in [1.29, 1.82) is 0 Å². The van der Waals surface area contributed by atoms with Gasteiger partial charge in [0.25, 0.3) is 0 Å². The third-order valence-corrected chi connectivity index (χ3v) is 5.24. The van der Waals surface area contributed by atoms with Gasteiger partial charge in [-0.05, 0) is 45.6 Å². The molecule has 3 N–H and O–H groups in total. The highest BCUT2D eigenvalue weighted by Gasteiger charge is 2.30. The summed E-state index contributed by atoms with van der Waals surface area (Å²) in [5.74, 6) is 0.226. The number of hydrogen-bond donors (Lipinski definition) is 2. The van der Waals surface area contributed by atoms with Gasteiger partial charge in [0.2, 0.25) is 5.91 Å². The van der Waals surface area contributed by atoms with Crippen LogP contribution in [0.4, 0.5) is 0 Å². The Balaban J connectivity index is 1.91. The molecule has 2 aliphatic rings. The standard InChI is InChI=1S/C17H33N3O/c1-14(17(21)19-15-8-5-6-9-15)20(13-7-12-18)16-10-3-2-4-11-16/h14-16H,2-13,18H2,1H3,(H,19,21). The average molecular weight is 295 g/mol. The minimum absolute atomic E-state index is 0.0137. The zero-order valence-corrected chi connectivity index (χ0v) is 13.7. The Morgan fingerprint density at radius 1 is 1.14 bits per heavy atom. The third kappa shape index (κ3) is 4.96. The minimum atomic E-state index is -0.0137. The van der Waals surface area contributed by atoms with Gasteiger partial charge in [0, 0.05) is 18.6 Å². The SMILES string of the molecule is CC(C(=O)NC1CCCC1)N(CCCN)C1CCCCC1. The van der Waals surface area contributed by atoms with Gasteiger partial charge in [-0.25, -0.2) is 0 Å². The summed E-state index contributed by atoms with van der Waals surface area (Å²) in [5, 5.41) is 3.26. The van der Waals surface area contributed by atoms with Gasteiger partial charge < -0.3 is 11.1 Å². The number of carbonyl (C=O) groups is 1. The lowest BCUT2D eigenvalue weighted by Crippen LogP contribution is -2.52. The maximum Gasteiger partial charge on any atom is 0.237 e. The molecule has 21 heavy (non-hydrogen) atoms. The molecule has 0 radical (unpaired) electrons. The monoisotopic (exact) mass is 295 g/mol. The molecule has 0 aromatic heterocycles. The average Bonchev–Trinajstić information content (AvgIpc) is 3.01. The lowest BCUT2D eigenvalue weighted by Gasteiger charge is -2.38. The summed E-state index contributed by atoms with van der Waals surface area (Å²) >= 11 is 0. The minimum Gasteiger partial charge on any atom is -0.352 e. The zero-order chi connectivity index (χ0) is 15.1. The molecule has 1 unspecified atom stereocenters. The first-order valence-electron chi connectivity index (χ1n) is 8.98. The number of nitrogens with zero attached hydrogens (tertiary/aromatic N) is 1. The van der Waals surface area contributed by atoms with Crippen LogP contribution in [0.5, 0.6) is 0 Å². The normalized spacial score (nSPS) is 22.6. The van der Waals surface area contributed by atoms with Gasteiger partial charge in [-0.1, -0.05) is 32.1 Å². The van der Waals surface area contributed by atoms with Crippen LogP contribution in [0.3, 0.4) is 0 Å². The molecule has 0 aromatic rings. The molecule has 0 saturated heterocycles. The van der Waals surface area contributed by atoms with Gasteiger partial charge in [-0.3, -0.25) is 9.69 Å². The first kappa shape index (κ1) is 16.8. The second-order valence-electron chi connectivity index (χ2n) is 6.84. The molecule has 0 aromatic carbocycles. The van der Waals surface area contributed by atoms with Gasteiger partial charge in [0.05, 0.1) is 6.04 Å². The van der Waals surface area contributed by atoms with Crippen LogP contribution in [0.25, 0.3) is 0 Å². The number of amides is 1. The first-order valence-corrected chi connectivity index (χ1v) is 8.98. The van der Waals surface area contributed by atoms with Gasteiger partial charge in [0.15, 0.2) is 0 Å². The maximum atomic E-state index is 12.6. The van der Waals surface area contributed by atoms with E-state index in [0.717, 1.165) is 25.8 Å². The summed E-state index contributed by atoms with van der Waals surface area (Å²) in [5.41, 5.74) is 5.69. The van der Waals surface area contributed by atoms with Crippen LogP contribution in [0.1, 0.15) is 71.1 Å². The van der Waals surface area contributed by atoms with E-state index in [4.69, 9.17) is 5.73 Å². The Labute approximate surface area is 129 Å². The van der Waals surface area contributed by atoms with Crippen LogP contribution in [-0.4, -0.2) is 42.0 Å². The van der Waals surface area contributed by atoms with Gasteiger partial charge in [0.1, 0.15) is 0 Å². The summed E-state index contributed by atoms with van der Waals surface area (Å²) in [6, 6.07) is 0.984. The van der Waals surface area contributed by atoms with Crippen molar-refractivity contribution in [2.24, 2.45) is 5.73 Å². The lowest BCUT2D eigenvalue weighted by molar-refractivity contribution is -0.127. The molecule has 4 heteroatoms. The van der Waals surface area contributed by atoms with E-state index in [2.05, 4.69) is 17.1 Å². The Hall–Kier alpha value is -0.610. The van der Waals surface area contributed by atoms with Crippen molar-refractivity contribution in [2.75, 3.05) is 13.1 Å². The molecule has 0 heterocycles. The Kier molecular flexibility index (Phi) is 6.97. The van der Waals surface area contributed by atoms with Crippen LogP contribution in [0.15, 0.2) is 0 Å². The number of hydrogen-bond acceptors (Lipinski definition) is 3. The van der Waals surface area contributed by atoms with Gasteiger partial charge >= 0.3 is 0 Å². The molecule has 1 atom stereocenters. The second-order valence-corrected chi connectivity index (χ2v) is 6.84. The highest BCUT2D eigenvalue weighted by atomic mass is 16.2. The van der Waals surface area contributed by atoms with Crippen molar-refractivity contribution >= 4 is 5.91 Å². The van der Waals surface area contributed by atoms with Crippen molar-refractivity contribution < 1.29 is 4.79 Å². The largest absolute Gasteiger partial charge is 0.352 e. The van der Waals surface area contributed by atoms with Crippen LogP contribution in [-0.2, 0) is 4.79 Å². The molecule has 2 fully saturated rings. The van der Waals surface area contributed by atoms with Crippen molar-refractivity contribution in [3.8, 4) is 0 Å².